The lowest BCUT2D eigenvalue weighted by molar-refractivity contribution is 0.359. The Morgan fingerprint density at radius 2 is 2.14 bits per heavy atom. The van der Waals surface area contributed by atoms with Gasteiger partial charge in [0.05, 0.1) is 7.11 Å². The van der Waals surface area contributed by atoms with E-state index in [0.717, 1.165) is 6.07 Å². The third-order valence-electron chi connectivity index (χ3n) is 1.87. The number of rotatable bonds is 3. The molecule has 0 saturated heterocycles. The lowest BCUT2D eigenvalue weighted by Crippen LogP contribution is -2.06. The number of aromatic hydroxyl groups is 1. The number of phenols is 1. The van der Waals surface area contributed by atoms with Gasteiger partial charge in [0.15, 0.2) is 23.1 Å². The molecule has 0 atom stereocenters. The Kier molecular flexibility index (Phi) is 3.24. The number of methoxy groups -OCH3 is 1. The zero-order chi connectivity index (χ0) is 10.7. The first-order valence-corrected chi connectivity index (χ1v) is 4.05. The van der Waals surface area contributed by atoms with E-state index in [4.69, 9.17) is 5.73 Å². The Morgan fingerprint density at radius 1 is 1.50 bits per heavy atom. The standard InChI is InChI=1S/C9H11F2NO2/c1-14-7-4-6(10)8(11)5(2-3-12)9(7)13/h4,13H,2-3,12H2,1H3. The molecule has 3 N–H and O–H groups in total. The first-order valence-electron chi connectivity index (χ1n) is 4.05. The van der Waals surface area contributed by atoms with Gasteiger partial charge in [-0.2, -0.15) is 0 Å². The van der Waals surface area contributed by atoms with E-state index in [1.54, 1.807) is 0 Å². The average Bonchev–Trinajstić information content (AvgIpc) is 2.18. The van der Waals surface area contributed by atoms with E-state index in [2.05, 4.69) is 4.74 Å². The van der Waals surface area contributed by atoms with Crippen LogP contribution in [0.1, 0.15) is 5.56 Å². The molecule has 5 heteroatoms. The van der Waals surface area contributed by atoms with Crippen molar-refractivity contribution in [2.45, 2.75) is 6.42 Å². The van der Waals surface area contributed by atoms with Gasteiger partial charge in [0.25, 0.3) is 0 Å². The number of nitrogens with two attached hydrogens (primary N) is 1. The van der Waals surface area contributed by atoms with Crippen molar-refractivity contribution < 1.29 is 18.6 Å². The summed E-state index contributed by atoms with van der Waals surface area (Å²) < 4.78 is 30.7. The number of benzene rings is 1. The Bertz CT molecular complexity index is 342. The molecule has 0 amide bonds. The van der Waals surface area contributed by atoms with Crippen LogP contribution in [0.2, 0.25) is 0 Å². The molecule has 0 radical (unpaired) electrons. The van der Waals surface area contributed by atoms with Gasteiger partial charge in [0.2, 0.25) is 0 Å². The number of phenolic OH excluding ortho intramolecular Hbond substituents is 1. The van der Waals surface area contributed by atoms with Crippen LogP contribution < -0.4 is 10.5 Å². The van der Waals surface area contributed by atoms with E-state index in [0.29, 0.717) is 0 Å². The van der Waals surface area contributed by atoms with Gasteiger partial charge >= 0.3 is 0 Å². The minimum absolute atomic E-state index is 0.0613. The molecular formula is C9H11F2NO2. The maximum Gasteiger partial charge on any atom is 0.166 e. The molecular weight excluding hydrogens is 192 g/mol. The summed E-state index contributed by atoms with van der Waals surface area (Å²) in [5.41, 5.74) is 5.05. The topological polar surface area (TPSA) is 55.5 Å². The van der Waals surface area contributed by atoms with Crippen LogP contribution in [0.4, 0.5) is 8.78 Å². The second kappa shape index (κ2) is 4.23. The van der Waals surface area contributed by atoms with Gasteiger partial charge in [0, 0.05) is 11.6 Å². The molecule has 0 spiro atoms. The summed E-state index contributed by atoms with van der Waals surface area (Å²) in [5.74, 6) is -2.61. The molecule has 1 aromatic carbocycles. The van der Waals surface area contributed by atoms with Gasteiger partial charge in [-0.1, -0.05) is 0 Å². The Hall–Kier alpha value is -1.36. The Labute approximate surface area is 80.1 Å². The lowest BCUT2D eigenvalue weighted by atomic mass is 10.1. The Balaban J connectivity index is 3.29. The van der Waals surface area contributed by atoms with Crippen molar-refractivity contribution in [2.24, 2.45) is 5.73 Å². The van der Waals surface area contributed by atoms with Crippen LogP contribution in [0.25, 0.3) is 0 Å². The fourth-order valence-corrected chi connectivity index (χ4v) is 1.17. The molecule has 0 aliphatic heterocycles. The number of hydrogen-bond acceptors (Lipinski definition) is 3. The second-order valence-electron chi connectivity index (χ2n) is 2.74. The summed E-state index contributed by atoms with van der Waals surface area (Å²) in [6, 6.07) is 0.796. The maximum atomic E-state index is 13.1. The molecule has 78 valence electrons. The summed E-state index contributed by atoms with van der Waals surface area (Å²) in [5, 5.41) is 9.44. The van der Waals surface area contributed by atoms with Gasteiger partial charge in [0.1, 0.15) is 0 Å². The van der Waals surface area contributed by atoms with Crippen LogP contribution in [0.3, 0.4) is 0 Å². The summed E-state index contributed by atoms with van der Waals surface area (Å²) in [7, 11) is 1.26. The molecule has 14 heavy (non-hydrogen) atoms. The third-order valence-corrected chi connectivity index (χ3v) is 1.87. The van der Waals surface area contributed by atoms with E-state index in [9.17, 15) is 13.9 Å². The largest absolute Gasteiger partial charge is 0.504 e. The smallest absolute Gasteiger partial charge is 0.166 e. The zero-order valence-electron chi connectivity index (χ0n) is 7.68. The van der Waals surface area contributed by atoms with Gasteiger partial charge in [-0.05, 0) is 13.0 Å². The van der Waals surface area contributed by atoms with E-state index in [-0.39, 0.29) is 24.3 Å². The molecule has 0 heterocycles. The molecule has 0 saturated carbocycles. The van der Waals surface area contributed by atoms with Gasteiger partial charge in [-0.15, -0.1) is 0 Å². The zero-order valence-corrected chi connectivity index (χ0v) is 7.68. The SMILES string of the molecule is COc1cc(F)c(F)c(CCN)c1O. The van der Waals surface area contributed by atoms with Gasteiger partial charge in [-0.3, -0.25) is 0 Å². The maximum absolute atomic E-state index is 13.1. The number of hydrogen-bond donors (Lipinski definition) is 2. The normalized spacial score (nSPS) is 10.3. The van der Waals surface area contributed by atoms with Crippen LogP contribution in [-0.2, 0) is 6.42 Å². The summed E-state index contributed by atoms with van der Waals surface area (Å²) in [6.07, 6.45) is 0.0613. The van der Waals surface area contributed by atoms with Gasteiger partial charge < -0.3 is 15.6 Å². The van der Waals surface area contributed by atoms with Crippen LogP contribution in [-0.4, -0.2) is 18.8 Å². The van der Waals surface area contributed by atoms with Crippen molar-refractivity contribution in [1.82, 2.24) is 0 Å². The highest BCUT2D eigenvalue weighted by Gasteiger charge is 2.17. The van der Waals surface area contributed by atoms with Gasteiger partial charge in [-0.25, -0.2) is 8.78 Å². The molecule has 0 fully saturated rings. The van der Waals surface area contributed by atoms with Crippen LogP contribution in [0.15, 0.2) is 6.07 Å². The molecule has 0 aliphatic rings. The first-order chi connectivity index (χ1) is 6.61. The minimum atomic E-state index is -1.08. The molecule has 1 rings (SSSR count). The second-order valence-corrected chi connectivity index (χ2v) is 2.74. The van der Waals surface area contributed by atoms with E-state index < -0.39 is 17.4 Å². The van der Waals surface area contributed by atoms with Crippen molar-refractivity contribution in [1.29, 1.82) is 0 Å². The van der Waals surface area contributed by atoms with Crippen molar-refractivity contribution in [3.05, 3.63) is 23.3 Å². The number of halogens is 2. The summed E-state index contributed by atoms with van der Waals surface area (Å²) in [4.78, 5) is 0. The number of ether oxygens (including phenoxy) is 1. The summed E-state index contributed by atoms with van der Waals surface area (Å²) in [6.45, 7) is 0.122. The highest BCUT2D eigenvalue weighted by Crippen LogP contribution is 2.33. The van der Waals surface area contributed by atoms with Crippen LogP contribution >= 0.6 is 0 Å². The summed E-state index contributed by atoms with van der Waals surface area (Å²) >= 11 is 0. The van der Waals surface area contributed by atoms with Crippen molar-refractivity contribution >= 4 is 0 Å². The van der Waals surface area contributed by atoms with Crippen molar-refractivity contribution in [3.63, 3.8) is 0 Å². The molecule has 0 aromatic heterocycles. The third kappa shape index (κ3) is 1.77. The minimum Gasteiger partial charge on any atom is -0.504 e. The molecule has 0 bridgehead atoms. The average molecular weight is 203 g/mol. The van der Waals surface area contributed by atoms with Crippen molar-refractivity contribution in [2.75, 3.05) is 13.7 Å². The van der Waals surface area contributed by atoms with E-state index in [1.165, 1.54) is 7.11 Å². The Morgan fingerprint density at radius 3 is 2.64 bits per heavy atom. The van der Waals surface area contributed by atoms with Crippen LogP contribution in [0, 0.1) is 11.6 Å². The molecule has 0 aliphatic carbocycles. The predicted octanol–water partition coefficient (Wildman–Crippen LogP) is 1.18. The first kappa shape index (κ1) is 10.7. The van der Waals surface area contributed by atoms with Crippen molar-refractivity contribution in [3.8, 4) is 11.5 Å². The fourth-order valence-electron chi connectivity index (χ4n) is 1.17. The fraction of sp³-hybridized carbons (Fsp3) is 0.333. The monoisotopic (exact) mass is 203 g/mol. The highest BCUT2D eigenvalue weighted by molar-refractivity contribution is 5.46. The predicted molar refractivity (Wildman–Crippen MR) is 47.3 cm³/mol. The highest BCUT2D eigenvalue weighted by atomic mass is 19.2. The van der Waals surface area contributed by atoms with E-state index in [1.807, 2.05) is 0 Å². The molecule has 1 aromatic rings. The molecule has 0 unspecified atom stereocenters. The van der Waals surface area contributed by atoms with Crippen LogP contribution in [0.5, 0.6) is 11.5 Å². The quantitative estimate of drug-likeness (QED) is 0.775. The lowest BCUT2D eigenvalue weighted by Gasteiger charge is -2.09. The molecule has 3 nitrogen and oxygen atoms in total. The van der Waals surface area contributed by atoms with E-state index >= 15 is 0 Å².